The SMILES string of the molecule is N#CC1(c2cccc(C3(O)CC4CCCC(C3)S4(=O)=O)c2)CC1. The third-order valence-corrected chi connectivity index (χ3v) is 8.69. The Morgan fingerprint density at radius 1 is 1.13 bits per heavy atom. The Morgan fingerprint density at radius 3 is 2.30 bits per heavy atom. The molecule has 1 saturated carbocycles. The third kappa shape index (κ3) is 2.23. The molecule has 2 unspecified atom stereocenters. The van der Waals surface area contributed by atoms with Crippen molar-refractivity contribution in [3.63, 3.8) is 0 Å². The highest BCUT2D eigenvalue weighted by Gasteiger charge is 2.51. The first-order chi connectivity index (χ1) is 10.9. The van der Waals surface area contributed by atoms with Crippen molar-refractivity contribution in [2.75, 3.05) is 0 Å². The lowest BCUT2D eigenvalue weighted by Gasteiger charge is -2.44. The van der Waals surface area contributed by atoms with Crippen LogP contribution in [0.2, 0.25) is 0 Å². The molecule has 2 atom stereocenters. The van der Waals surface area contributed by atoms with Crippen molar-refractivity contribution in [2.45, 2.75) is 66.5 Å². The lowest BCUT2D eigenvalue weighted by molar-refractivity contribution is 0.00493. The molecule has 0 aromatic heterocycles. The molecular weight excluding hydrogens is 310 g/mol. The number of fused-ring (bicyclic) bond motifs is 2. The molecule has 1 aliphatic carbocycles. The third-order valence-electron chi connectivity index (χ3n) is 6.03. The fourth-order valence-corrected chi connectivity index (χ4v) is 6.93. The number of sulfone groups is 1. The predicted octanol–water partition coefficient (Wildman–Crippen LogP) is 2.56. The van der Waals surface area contributed by atoms with E-state index in [0.717, 1.165) is 30.4 Å². The van der Waals surface area contributed by atoms with Gasteiger partial charge in [0.1, 0.15) is 0 Å². The van der Waals surface area contributed by atoms with E-state index < -0.39 is 25.9 Å². The highest BCUT2D eigenvalue weighted by molar-refractivity contribution is 7.92. The van der Waals surface area contributed by atoms with Crippen LogP contribution >= 0.6 is 0 Å². The number of nitriles is 1. The van der Waals surface area contributed by atoms with Gasteiger partial charge in [-0.25, -0.2) is 8.42 Å². The topological polar surface area (TPSA) is 78.2 Å². The molecule has 1 N–H and O–H groups in total. The molecule has 2 bridgehead atoms. The Kier molecular flexibility index (Phi) is 3.17. The lowest BCUT2D eigenvalue weighted by atomic mass is 9.79. The van der Waals surface area contributed by atoms with E-state index in [-0.39, 0.29) is 18.3 Å². The fourth-order valence-electron chi connectivity index (χ4n) is 4.38. The Labute approximate surface area is 137 Å². The number of rotatable bonds is 2. The minimum Gasteiger partial charge on any atom is -0.385 e. The Bertz CT molecular complexity index is 769. The van der Waals surface area contributed by atoms with Crippen LogP contribution in [0.1, 0.15) is 56.1 Å². The van der Waals surface area contributed by atoms with Gasteiger partial charge in [-0.2, -0.15) is 5.26 Å². The Hall–Kier alpha value is -1.38. The molecule has 23 heavy (non-hydrogen) atoms. The van der Waals surface area contributed by atoms with Gasteiger partial charge in [0.25, 0.3) is 0 Å². The number of nitrogens with zero attached hydrogens (tertiary/aromatic N) is 1. The summed E-state index contributed by atoms with van der Waals surface area (Å²) in [6.07, 6.45) is 4.55. The molecule has 2 heterocycles. The van der Waals surface area contributed by atoms with Crippen LogP contribution in [0.25, 0.3) is 0 Å². The Morgan fingerprint density at radius 2 is 1.74 bits per heavy atom. The van der Waals surface area contributed by atoms with Crippen LogP contribution in [0.3, 0.4) is 0 Å². The van der Waals surface area contributed by atoms with Gasteiger partial charge in [0.05, 0.1) is 27.6 Å². The molecule has 0 radical (unpaired) electrons. The highest BCUT2D eigenvalue weighted by atomic mass is 32.2. The normalized spacial score (nSPS) is 36.9. The number of aliphatic hydroxyl groups is 1. The van der Waals surface area contributed by atoms with E-state index >= 15 is 0 Å². The van der Waals surface area contributed by atoms with Crippen molar-refractivity contribution in [1.29, 1.82) is 5.26 Å². The van der Waals surface area contributed by atoms with Gasteiger partial charge < -0.3 is 5.11 Å². The van der Waals surface area contributed by atoms with Crippen LogP contribution in [-0.4, -0.2) is 24.0 Å². The molecule has 0 spiro atoms. The minimum atomic E-state index is -3.09. The molecule has 122 valence electrons. The first kappa shape index (κ1) is 15.2. The number of benzene rings is 1. The molecule has 1 aromatic carbocycles. The first-order valence-corrected chi connectivity index (χ1v) is 9.98. The second-order valence-electron chi connectivity index (χ2n) is 7.48. The van der Waals surface area contributed by atoms with Gasteiger partial charge in [-0.1, -0.05) is 30.7 Å². The van der Waals surface area contributed by atoms with Gasteiger partial charge >= 0.3 is 0 Å². The summed E-state index contributed by atoms with van der Waals surface area (Å²) in [7, 11) is -3.09. The smallest absolute Gasteiger partial charge is 0.156 e. The van der Waals surface area contributed by atoms with Gasteiger partial charge in [0, 0.05) is 0 Å². The summed E-state index contributed by atoms with van der Waals surface area (Å²) in [5.41, 5.74) is 0.277. The van der Waals surface area contributed by atoms with Crippen LogP contribution in [0.5, 0.6) is 0 Å². The van der Waals surface area contributed by atoms with E-state index in [4.69, 9.17) is 0 Å². The number of hydrogen-bond donors (Lipinski definition) is 1. The van der Waals surface area contributed by atoms with E-state index in [1.165, 1.54) is 0 Å². The predicted molar refractivity (Wildman–Crippen MR) is 86.4 cm³/mol. The minimum absolute atomic E-state index is 0.287. The molecule has 4 nitrogen and oxygen atoms in total. The van der Waals surface area contributed by atoms with Crippen LogP contribution in [0.4, 0.5) is 0 Å². The highest BCUT2D eigenvalue weighted by Crippen LogP contribution is 2.50. The van der Waals surface area contributed by atoms with E-state index in [9.17, 15) is 18.8 Å². The standard InChI is InChI=1S/C18H21NO3S/c19-12-17(7-8-17)13-3-1-4-14(9-13)18(20)10-15-5-2-6-16(11-18)23(15,21)22/h1,3-4,9,15-16,20H,2,5-8,10-11H2. The second-order valence-corrected chi connectivity index (χ2v) is 9.99. The average Bonchev–Trinajstić information content (AvgIpc) is 3.30. The summed E-state index contributed by atoms with van der Waals surface area (Å²) in [6, 6.07) is 10.0. The van der Waals surface area contributed by atoms with Crippen LogP contribution < -0.4 is 0 Å². The fraction of sp³-hybridized carbons (Fsp3) is 0.611. The van der Waals surface area contributed by atoms with E-state index in [2.05, 4.69) is 6.07 Å². The van der Waals surface area contributed by atoms with E-state index in [0.29, 0.717) is 12.8 Å². The Balaban J connectivity index is 1.71. The summed E-state index contributed by atoms with van der Waals surface area (Å²) in [5.74, 6) is 0. The first-order valence-electron chi connectivity index (χ1n) is 8.37. The zero-order valence-electron chi connectivity index (χ0n) is 13.0. The zero-order chi connectivity index (χ0) is 16.3. The monoisotopic (exact) mass is 331 g/mol. The molecule has 5 heteroatoms. The quantitative estimate of drug-likeness (QED) is 0.903. The summed E-state index contributed by atoms with van der Waals surface area (Å²) >= 11 is 0. The molecule has 1 aromatic rings. The second kappa shape index (κ2) is 4.81. The molecule has 2 aliphatic heterocycles. The van der Waals surface area contributed by atoms with Gasteiger partial charge in [0.2, 0.25) is 0 Å². The van der Waals surface area contributed by atoms with Gasteiger partial charge in [-0.05, 0) is 49.7 Å². The van der Waals surface area contributed by atoms with Gasteiger partial charge in [0.15, 0.2) is 9.84 Å². The van der Waals surface area contributed by atoms with Gasteiger partial charge in [-0.3, -0.25) is 0 Å². The van der Waals surface area contributed by atoms with Crippen LogP contribution in [-0.2, 0) is 20.9 Å². The summed E-state index contributed by atoms with van der Waals surface area (Å²) in [5, 5.41) is 19.8. The molecule has 2 saturated heterocycles. The van der Waals surface area contributed by atoms with Crippen molar-refractivity contribution in [2.24, 2.45) is 0 Å². The maximum absolute atomic E-state index is 12.4. The molecule has 0 amide bonds. The maximum Gasteiger partial charge on any atom is 0.156 e. The molecular formula is C18H21NO3S. The molecule has 3 aliphatic rings. The number of hydrogen-bond acceptors (Lipinski definition) is 4. The average molecular weight is 331 g/mol. The van der Waals surface area contributed by atoms with E-state index in [1.54, 1.807) is 0 Å². The van der Waals surface area contributed by atoms with Crippen molar-refractivity contribution in [3.8, 4) is 6.07 Å². The summed E-state index contributed by atoms with van der Waals surface area (Å²) < 4.78 is 24.9. The van der Waals surface area contributed by atoms with Crippen molar-refractivity contribution in [1.82, 2.24) is 0 Å². The van der Waals surface area contributed by atoms with E-state index in [1.807, 2.05) is 24.3 Å². The van der Waals surface area contributed by atoms with Crippen molar-refractivity contribution in [3.05, 3.63) is 35.4 Å². The van der Waals surface area contributed by atoms with Gasteiger partial charge in [-0.15, -0.1) is 0 Å². The van der Waals surface area contributed by atoms with Crippen LogP contribution in [0.15, 0.2) is 24.3 Å². The zero-order valence-corrected chi connectivity index (χ0v) is 13.8. The molecule has 3 fully saturated rings. The van der Waals surface area contributed by atoms with Crippen LogP contribution in [0, 0.1) is 11.3 Å². The largest absolute Gasteiger partial charge is 0.385 e. The maximum atomic E-state index is 12.4. The van der Waals surface area contributed by atoms with Crippen molar-refractivity contribution < 1.29 is 13.5 Å². The molecule has 4 rings (SSSR count). The summed E-state index contributed by atoms with van der Waals surface area (Å²) in [4.78, 5) is 0. The summed E-state index contributed by atoms with van der Waals surface area (Å²) in [6.45, 7) is 0. The van der Waals surface area contributed by atoms with Crippen molar-refractivity contribution >= 4 is 9.84 Å². The lowest BCUT2D eigenvalue weighted by Crippen LogP contribution is -2.50.